The second kappa shape index (κ2) is 17.6. The molecule has 4 heteroatoms. The standard InChI is InChI=1S/C8H20N2.C7H8.CH2O2/c1-8(2)7-10-6-4-5-9-3;1-7-5-3-2-4-6-7;2-1-3/h8-10H,4-7H2,1-3H3;2-6H,1H3;1H,(H,2,3). The number of hydrogen-bond donors (Lipinski definition) is 3. The van der Waals surface area contributed by atoms with Crippen molar-refractivity contribution in [1.82, 2.24) is 10.6 Å². The lowest BCUT2D eigenvalue weighted by molar-refractivity contribution is -0.122. The number of aryl methyl sites for hydroxylation is 1. The van der Waals surface area contributed by atoms with Crippen LogP contribution in [0.2, 0.25) is 0 Å². The third-order valence-electron chi connectivity index (χ3n) is 2.27. The fourth-order valence-corrected chi connectivity index (χ4v) is 1.32. The highest BCUT2D eigenvalue weighted by Crippen LogP contribution is 1.92. The van der Waals surface area contributed by atoms with Crippen molar-refractivity contribution in [3.05, 3.63) is 35.9 Å². The van der Waals surface area contributed by atoms with Crippen LogP contribution < -0.4 is 10.6 Å². The Hall–Kier alpha value is -1.39. The predicted molar refractivity (Wildman–Crippen MR) is 86.1 cm³/mol. The van der Waals surface area contributed by atoms with Gasteiger partial charge in [0.2, 0.25) is 0 Å². The van der Waals surface area contributed by atoms with Gasteiger partial charge in [0, 0.05) is 0 Å². The lowest BCUT2D eigenvalue weighted by Crippen LogP contribution is -2.23. The molecule has 0 unspecified atom stereocenters. The van der Waals surface area contributed by atoms with Gasteiger partial charge in [-0.25, -0.2) is 0 Å². The maximum atomic E-state index is 8.36. The van der Waals surface area contributed by atoms with Gasteiger partial charge in [0.05, 0.1) is 0 Å². The zero-order chi connectivity index (χ0) is 15.6. The minimum atomic E-state index is -0.250. The third kappa shape index (κ3) is 21.9. The number of rotatable bonds is 6. The minimum Gasteiger partial charge on any atom is -0.483 e. The largest absolute Gasteiger partial charge is 0.483 e. The molecule has 3 N–H and O–H groups in total. The van der Waals surface area contributed by atoms with Crippen LogP contribution >= 0.6 is 0 Å². The van der Waals surface area contributed by atoms with Crippen LogP contribution in [0, 0.1) is 12.8 Å². The number of carbonyl (C=O) groups is 1. The van der Waals surface area contributed by atoms with Crippen LogP contribution in [0.1, 0.15) is 25.8 Å². The SMILES string of the molecule is CNCCCNCC(C)C.Cc1ccccc1.O=CO. The fraction of sp³-hybridized carbons (Fsp3) is 0.562. The van der Waals surface area contributed by atoms with Crippen LogP contribution in [0.15, 0.2) is 30.3 Å². The minimum absolute atomic E-state index is 0.250. The molecule has 4 nitrogen and oxygen atoms in total. The summed E-state index contributed by atoms with van der Waals surface area (Å²) in [5, 5.41) is 13.4. The summed E-state index contributed by atoms with van der Waals surface area (Å²) in [6.45, 7) is 9.68. The molecule has 0 atom stereocenters. The summed E-state index contributed by atoms with van der Waals surface area (Å²) < 4.78 is 0. The Morgan fingerprint density at radius 3 is 2.10 bits per heavy atom. The van der Waals surface area contributed by atoms with E-state index in [4.69, 9.17) is 9.90 Å². The molecular weight excluding hydrogens is 252 g/mol. The molecule has 20 heavy (non-hydrogen) atoms. The Kier molecular flexibility index (Phi) is 18.4. The third-order valence-corrected chi connectivity index (χ3v) is 2.27. The summed E-state index contributed by atoms with van der Waals surface area (Å²) in [5.41, 5.74) is 1.32. The van der Waals surface area contributed by atoms with Gasteiger partial charge in [-0.1, -0.05) is 49.7 Å². The van der Waals surface area contributed by atoms with E-state index in [-0.39, 0.29) is 6.47 Å². The summed E-state index contributed by atoms with van der Waals surface area (Å²) in [6, 6.07) is 10.3. The molecule has 0 fully saturated rings. The molecule has 0 saturated carbocycles. The topological polar surface area (TPSA) is 61.4 Å². The maximum Gasteiger partial charge on any atom is 0.290 e. The van der Waals surface area contributed by atoms with Crippen LogP contribution in [-0.2, 0) is 4.79 Å². The first-order chi connectivity index (χ1) is 9.58. The quantitative estimate of drug-likeness (QED) is 0.554. The Labute approximate surface area is 123 Å². The first kappa shape index (κ1) is 20.9. The number of hydrogen-bond acceptors (Lipinski definition) is 3. The second-order valence-electron chi connectivity index (χ2n) is 4.82. The molecule has 0 amide bonds. The van der Waals surface area contributed by atoms with Crippen LogP contribution in [0.5, 0.6) is 0 Å². The second-order valence-corrected chi connectivity index (χ2v) is 4.82. The van der Waals surface area contributed by atoms with E-state index in [0.29, 0.717) is 0 Å². The van der Waals surface area contributed by atoms with Gasteiger partial charge in [-0.05, 0) is 45.9 Å². The molecule has 0 saturated heterocycles. The van der Waals surface area contributed by atoms with Crippen LogP contribution in [-0.4, -0.2) is 38.3 Å². The molecule has 0 radical (unpaired) electrons. The lowest BCUT2D eigenvalue weighted by atomic mass is 10.2. The van der Waals surface area contributed by atoms with Gasteiger partial charge in [0.15, 0.2) is 0 Å². The fourth-order valence-electron chi connectivity index (χ4n) is 1.32. The zero-order valence-corrected chi connectivity index (χ0v) is 13.2. The van der Waals surface area contributed by atoms with E-state index < -0.39 is 0 Å². The summed E-state index contributed by atoms with van der Waals surface area (Å²) in [5.74, 6) is 0.773. The smallest absolute Gasteiger partial charge is 0.290 e. The maximum absolute atomic E-state index is 8.36. The Balaban J connectivity index is 0. The molecule has 116 valence electrons. The summed E-state index contributed by atoms with van der Waals surface area (Å²) in [7, 11) is 1.99. The number of nitrogens with one attached hydrogen (secondary N) is 2. The van der Waals surface area contributed by atoms with Gasteiger partial charge < -0.3 is 15.7 Å². The molecule has 0 bridgehead atoms. The molecule has 0 aliphatic rings. The predicted octanol–water partition coefficient (Wildman–Crippen LogP) is 2.54. The van der Waals surface area contributed by atoms with E-state index >= 15 is 0 Å². The zero-order valence-electron chi connectivity index (χ0n) is 13.2. The van der Waals surface area contributed by atoms with E-state index in [9.17, 15) is 0 Å². The van der Waals surface area contributed by atoms with Crippen LogP contribution in [0.4, 0.5) is 0 Å². The summed E-state index contributed by atoms with van der Waals surface area (Å²) >= 11 is 0. The highest BCUT2D eigenvalue weighted by Gasteiger charge is 1.90. The Bertz CT molecular complexity index is 290. The van der Waals surface area contributed by atoms with Crippen LogP contribution in [0.25, 0.3) is 0 Å². The van der Waals surface area contributed by atoms with Crippen molar-refractivity contribution < 1.29 is 9.90 Å². The van der Waals surface area contributed by atoms with Gasteiger partial charge >= 0.3 is 0 Å². The van der Waals surface area contributed by atoms with Crippen molar-refractivity contribution in [2.45, 2.75) is 27.2 Å². The lowest BCUT2D eigenvalue weighted by Gasteiger charge is -2.06. The van der Waals surface area contributed by atoms with Gasteiger partial charge in [-0.3, -0.25) is 4.79 Å². The van der Waals surface area contributed by atoms with Gasteiger partial charge in [-0.2, -0.15) is 0 Å². The average Bonchev–Trinajstić information content (AvgIpc) is 2.41. The van der Waals surface area contributed by atoms with Gasteiger partial charge in [0.1, 0.15) is 0 Å². The number of carboxylic acid groups (broad SMARTS) is 1. The van der Waals surface area contributed by atoms with Gasteiger partial charge in [-0.15, -0.1) is 0 Å². The molecule has 0 heterocycles. The molecular formula is C16H30N2O2. The first-order valence-corrected chi connectivity index (χ1v) is 7.03. The van der Waals surface area contributed by atoms with Crippen molar-refractivity contribution in [3.63, 3.8) is 0 Å². The molecule has 1 aromatic carbocycles. The van der Waals surface area contributed by atoms with E-state index in [1.807, 2.05) is 25.2 Å². The van der Waals surface area contributed by atoms with Crippen LogP contribution in [0.3, 0.4) is 0 Å². The van der Waals surface area contributed by atoms with Crippen molar-refractivity contribution >= 4 is 6.47 Å². The number of benzene rings is 1. The molecule has 0 aliphatic carbocycles. The average molecular weight is 282 g/mol. The van der Waals surface area contributed by atoms with E-state index in [1.54, 1.807) is 0 Å². The van der Waals surface area contributed by atoms with E-state index in [1.165, 1.54) is 12.0 Å². The summed E-state index contributed by atoms with van der Waals surface area (Å²) in [4.78, 5) is 8.36. The van der Waals surface area contributed by atoms with Crippen molar-refractivity contribution in [2.75, 3.05) is 26.7 Å². The van der Waals surface area contributed by atoms with Crippen molar-refractivity contribution in [3.8, 4) is 0 Å². The molecule has 1 rings (SSSR count). The normalized spacial score (nSPS) is 9.05. The molecule has 0 aliphatic heterocycles. The monoisotopic (exact) mass is 282 g/mol. The van der Waals surface area contributed by atoms with E-state index in [0.717, 1.165) is 25.6 Å². The first-order valence-electron chi connectivity index (χ1n) is 7.03. The highest BCUT2D eigenvalue weighted by molar-refractivity contribution is 5.32. The van der Waals surface area contributed by atoms with Crippen molar-refractivity contribution in [1.29, 1.82) is 0 Å². The Morgan fingerprint density at radius 1 is 1.20 bits per heavy atom. The van der Waals surface area contributed by atoms with Gasteiger partial charge in [0.25, 0.3) is 6.47 Å². The van der Waals surface area contributed by atoms with Crippen molar-refractivity contribution in [2.24, 2.45) is 5.92 Å². The summed E-state index contributed by atoms with van der Waals surface area (Å²) in [6.07, 6.45) is 1.23. The Morgan fingerprint density at radius 2 is 1.75 bits per heavy atom. The van der Waals surface area contributed by atoms with E-state index in [2.05, 4.69) is 43.5 Å². The molecule has 0 spiro atoms. The highest BCUT2D eigenvalue weighted by atomic mass is 16.3. The molecule has 1 aromatic rings. The molecule has 0 aromatic heterocycles.